The number of hydrogen-bond donors (Lipinski definition) is 0. The molecule has 4 heteroatoms. The van der Waals surface area contributed by atoms with Crippen LogP contribution >= 0.6 is 0 Å². The molecule has 6 atom stereocenters. The van der Waals surface area contributed by atoms with E-state index in [2.05, 4.69) is 6.08 Å². The number of fused-ring (bicyclic) bond motifs is 5. The van der Waals surface area contributed by atoms with Crippen LogP contribution in [0.4, 0.5) is 0 Å². The zero-order chi connectivity index (χ0) is 11.6. The van der Waals surface area contributed by atoms with Crippen LogP contribution < -0.4 is 0 Å². The molecule has 0 aromatic carbocycles. The van der Waals surface area contributed by atoms with E-state index in [4.69, 9.17) is 4.74 Å². The van der Waals surface area contributed by atoms with E-state index in [1.807, 2.05) is 6.08 Å². The first kappa shape index (κ1) is 10.3. The van der Waals surface area contributed by atoms with Gasteiger partial charge in [0.2, 0.25) is 0 Å². The molecule has 1 spiro atoms. The highest BCUT2D eigenvalue weighted by Gasteiger charge is 2.69. The Morgan fingerprint density at radius 2 is 2.12 bits per heavy atom. The van der Waals surface area contributed by atoms with Crippen LogP contribution in [0, 0.1) is 11.8 Å². The van der Waals surface area contributed by atoms with Crippen molar-refractivity contribution >= 4 is 16.8 Å². The number of ether oxygens (including phenoxy) is 1. The number of rotatable bonds is 0. The maximum atomic E-state index is 12.6. The first-order valence-electron chi connectivity index (χ1n) is 6.54. The summed E-state index contributed by atoms with van der Waals surface area (Å²) in [5.74, 6) is 0.225. The maximum absolute atomic E-state index is 12.6. The zero-order valence-electron chi connectivity index (χ0n) is 9.63. The van der Waals surface area contributed by atoms with E-state index < -0.39 is 15.5 Å². The summed E-state index contributed by atoms with van der Waals surface area (Å²) < 4.78 is 17.5. The second-order valence-corrected chi connectivity index (χ2v) is 7.57. The van der Waals surface area contributed by atoms with Gasteiger partial charge in [-0.25, -0.2) is 0 Å². The molecule has 0 amide bonds. The highest BCUT2D eigenvalue weighted by molar-refractivity contribution is 7.88. The van der Waals surface area contributed by atoms with Gasteiger partial charge in [0.1, 0.15) is 6.10 Å². The van der Waals surface area contributed by atoms with Gasteiger partial charge in [-0.2, -0.15) is 0 Å². The smallest absolute Gasteiger partial charge is 0.326 e. The van der Waals surface area contributed by atoms with Crippen molar-refractivity contribution in [3.05, 3.63) is 12.2 Å². The Balaban J connectivity index is 1.84. The van der Waals surface area contributed by atoms with Crippen molar-refractivity contribution in [2.24, 2.45) is 11.8 Å². The molecule has 3 fully saturated rings. The molecule has 92 valence electrons. The number of hydrogen-bond acceptors (Lipinski definition) is 3. The molecule has 2 aliphatic heterocycles. The molecule has 4 rings (SSSR count). The van der Waals surface area contributed by atoms with Gasteiger partial charge in [-0.3, -0.25) is 9.00 Å². The third-order valence-electron chi connectivity index (χ3n) is 5.03. The molecule has 0 aromatic rings. The minimum absolute atomic E-state index is 0.0490. The Bertz CT molecular complexity index is 444. The second-order valence-electron chi connectivity index (χ2n) is 5.69. The Labute approximate surface area is 103 Å². The lowest BCUT2D eigenvalue weighted by atomic mass is 9.74. The predicted octanol–water partition coefficient (Wildman–Crippen LogP) is 1.55. The van der Waals surface area contributed by atoms with Crippen LogP contribution in [0.2, 0.25) is 0 Å². The minimum atomic E-state index is -1.05. The Hall–Kier alpha value is -0.640. The predicted molar refractivity (Wildman–Crippen MR) is 63.7 cm³/mol. The fourth-order valence-electron chi connectivity index (χ4n) is 4.31. The molecule has 2 unspecified atom stereocenters. The summed E-state index contributed by atoms with van der Waals surface area (Å²) in [6.45, 7) is 0. The average Bonchev–Trinajstić information content (AvgIpc) is 2.96. The molecule has 2 saturated heterocycles. The van der Waals surface area contributed by atoms with Crippen LogP contribution in [0.5, 0.6) is 0 Å². The second kappa shape index (κ2) is 3.22. The summed E-state index contributed by atoms with van der Waals surface area (Å²) in [5, 5.41) is 0.105. The summed E-state index contributed by atoms with van der Waals surface area (Å²) in [6, 6.07) is 0. The van der Waals surface area contributed by atoms with E-state index in [0.717, 1.165) is 32.1 Å². The normalized spacial score (nSPS) is 55.3. The molecular formula is C13H16O3S. The van der Waals surface area contributed by atoms with Gasteiger partial charge in [0.15, 0.2) is 4.75 Å². The van der Waals surface area contributed by atoms with Gasteiger partial charge in [0.25, 0.3) is 0 Å². The van der Waals surface area contributed by atoms with Crippen molar-refractivity contribution in [1.82, 2.24) is 0 Å². The summed E-state index contributed by atoms with van der Waals surface area (Å²) in [5.41, 5.74) is 0. The molecule has 2 heterocycles. The van der Waals surface area contributed by atoms with Crippen molar-refractivity contribution in [3.63, 3.8) is 0 Å². The van der Waals surface area contributed by atoms with Crippen LogP contribution in [-0.2, 0) is 20.3 Å². The van der Waals surface area contributed by atoms with Gasteiger partial charge in [0, 0.05) is 22.6 Å². The molecule has 2 aliphatic carbocycles. The van der Waals surface area contributed by atoms with E-state index in [0.29, 0.717) is 0 Å². The number of allylic oxidation sites excluding steroid dienone is 1. The summed E-state index contributed by atoms with van der Waals surface area (Å²) in [4.78, 5) is 12.3. The van der Waals surface area contributed by atoms with Crippen molar-refractivity contribution in [3.8, 4) is 0 Å². The largest absolute Gasteiger partial charge is 0.461 e. The number of carbonyl (C=O) groups is 1. The molecule has 4 aliphatic rings. The van der Waals surface area contributed by atoms with Crippen molar-refractivity contribution in [2.45, 2.75) is 48.2 Å². The SMILES string of the molecule is O=C1O[C@H]2CCCC[C@@H]2[C@]12[C@H]1C=CC(C1)S2=O. The molecule has 3 nitrogen and oxygen atoms in total. The summed E-state index contributed by atoms with van der Waals surface area (Å²) >= 11 is 0. The quantitative estimate of drug-likeness (QED) is 0.485. The third-order valence-corrected chi connectivity index (χ3v) is 7.37. The Morgan fingerprint density at radius 1 is 1.29 bits per heavy atom. The summed E-state index contributed by atoms with van der Waals surface area (Å²) in [7, 11) is -1.05. The lowest BCUT2D eigenvalue weighted by molar-refractivity contribution is -0.144. The molecule has 0 radical (unpaired) electrons. The zero-order valence-corrected chi connectivity index (χ0v) is 10.4. The van der Waals surface area contributed by atoms with Crippen LogP contribution in [0.15, 0.2) is 12.2 Å². The fourth-order valence-corrected chi connectivity index (χ4v) is 6.68. The maximum Gasteiger partial charge on any atom is 0.326 e. The highest BCUT2D eigenvalue weighted by atomic mass is 32.2. The van der Waals surface area contributed by atoms with E-state index in [9.17, 15) is 9.00 Å². The minimum Gasteiger partial charge on any atom is -0.461 e. The van der Waals surface area contributed by atoms with E-state index >= 15 is 0 Å². The van der Waals surface area contributed by atoms with E-state index in [1.165, 1.54) is 0 Å². The Kier molecular flexibility index (Phi) is 1.95. The average molecular weight is 252 g/mol. The van der Waals surface area contributed by atoms with Gasteiger partial charge in [-0.15, -0.1) is 0 Å². The first-order chi connectivity index (χ1) is 8.24. The third kappa shape index (κ3) is 1.04. The summed E-state index contributed by atoms with van der Waals surface area (Å²) in [6.07, 6.45) is 9.37. The molecule has 2 bridgehead atoms. The molecular weight excluding hydrogens is 236 g/mol. The van der Waals surface area contributed by atoms with Gasteiger partial charge >= 0.3 is 5.97 Å². The topological polar surface area (TPSA) is 43.4 Å². The highest BCUT2D eigenvalue weighted by Crippen LogP contribution is 2.57. The van der Waals surface area contributed by atoms with Crippen LogP contribution in [0.1, 0.15) is 32.1 Å². The number of carbonyl (C=O) groups excluding carboxylic acids is 1. The molecule has 1 saturated carbocycles. The van der Waals surface area contributed by atoms with E-state index in [1.54, 1.807) is 0 Å². The Morgan fingerprint density at radius 3 is 2.88 bits per heavy atom. The lowest BCUT2D eigenvalue weighted by Crippen LogP contribution is -2.50. The van der Waals surface area contributed by atoms with Gasteiger partial charge < -0.3 is 4.74 Å². The standard InChI is InChI=1S/C13H16O3S/c14-12-13(8-5-6-9(7-8)17(13)15)10-3-1-2-4-11(10)16-12/h5-6,8-11H,1-4,7H2/t8-,9?,10-,11-,13+,17?/m0/s1. The monoisotopic (exact) mass is 252 g/mol. The van der Waals surface area contributed by atoms with E-state index in [-0.39, 0.29) is 29.2 Å². The molecule has 17 heavy (non-hydrogen) atoms. The van der Waals surface area contributed by atoms with Gasteiger partial charge in [0.05, 0.1) is 5.25 Å². The first-order valence-corrected chi connectivity index (χ1v) is 7.76. The van der Waals surface area contributed by atoms with Crippen molar-refractivity contribution < 1.29 is 13.7 Å². The van der Waals surface area contributed by atoms with Crippen molar-refractivity contribution in [2.75, 3.05) is 0 Å². The van der Waals surface area contributed by atoms with Crippen LogP contribution in [0.3, 0.4) is 0 Å². The molecule has 0 N–H and O–H groups in total. The van der Waals surface area contributed by atoms with Crippen molar-refractivity contribution in [1.29, 1.82) is 0 Å². The molecule has 0 aromatic heterocycles. The number of esters is 1. The fraction of sp³-hybridized carbons (Fsp3) is 0.769. The van der Waals surface area contributed by atoms with Gasteiger partial charge in [-0.05, 0) is 25.7 Å². The lowest BCUT2D eigenvalue weighted by Gasteiger charge is -2.35. The van der Waals surface area contributed by atoms with Crippen LogP contribution in [-0.4, -0.2) is 26.3 Å². The van der Waals surface area contributed by atoms with Crippen LogP contribution in [0.25, 0.3) is 0 Å². The van der Waals surface area contributed by atoms with Gasteiger partial charge in [-0.1, -0.05) is 18.6 Å².